The van der Waals surface area contributed by atoms with Crippen molar-refractivity contribution in [2.75, 3.05) is 6.54 Å². The molecule has 2 aliphatic rings. The van der Waals surface area contributed by atoms with Gasteiger partial charge in [-0.1, -0.05) is 24.4 Å². The van der Waals surface area contributed by atoms with Crippen LogP contribution in [-0.4, -0.2) is 45.0 Å². The number of carbonyl (C=O) groups is 1. The number of aromatic nitrogens is 1. The molecule has 2 heterocycles. The van der Waals surface area contributed by atoms with Crippen molar-refractivity contribution in [1.29, 1.82) is 0 Å². The molecule has 1 aliphatic carbocycles. The van der Waals surface area contributed by atoms with E-state index < -0.39 is 42.1 Å². The number of alkyl halides is 4. The Bertz CT molecular complexity index is 665. The third-order valence-corrected chi connectivity index (χ3v) is 5.15. The van der Waals surface area contributed by atoms with Crippen molar-refractivity contribution in [1.82, 2.24) is 9.88 Å². The summed E-state index contributed by atoms with van der Waals surface area (Å²) in [6.07, 6.45) is -3.27. The van der Waals surface area contributed by atoms with Crippen molar-refractivity contribution >= 4 is 17.5 Å². The number of halogens is 5. The topological polar surface area (TPSA) is 53.4 Å². The van der Waals surface area contributed by atoms with Crippen LogP contribution in [0.1, 0.15) is 48.3 Å². The van der Waals surface area contributed by atoms with Gasteiger partial charge in [0.15, 0.2) is 0 Å². The van der Waals surface area contributed by atoms with Gasteiger partial charge in [0.1, 0.15) is 17.5 Å². The third-order valence-electron chi connectivity index (χ3n) is 4.83. The van der Waals surface area contributed by atoms with E-state index in [4.69, 9.17) is 11.6 Å². The highest BCUT2D eigenvalue weighted by Gasteiger charge is 2.64. The second-order valence-corrected chi connectivity index (χ2v) is 6.64. The molecule has 1 spiro atoms. The van der Waals surface area contributed by atoms with Crippen LogP contribution in [-0.2, 0) is 0 Å². The fraction of sp³-hybridized carbons (Fsp3) is 0.600. The summed E-state index contributed by atoms with van der Waals surface area (Å²) in [5, 5.41) is 9.75. The lowest BCUT2D eigenvalue weighted by atomic mass is 9.90. The molecular formula is C15H15ClF4N2O2. The van der Waals surface area contributed by atoms with Gasteiger partial charge in [0, 0.05) is 0 Å². The van der Waals surface area contributed by atoms with Crippen LogP contribution < -0.4 is 0 Å². The van der Waals surface area contributed by atoms with E-state index in [0.717, 1.165) is 17.0 Å². The van der Waals surface area contributed by atoms with Crippen molar-refractivity contribution in [2.45, 2.75) is 49.7 Å². The number of rotatable bonds is 2. The molecular weight excluding hydrogens is 352 g/mol. The number of hydrogen-bond acceptors (Lipinski definition) is 3. The van der Waals surface area contributed by atoms with Gasteiger partial charge in [0.2, 0.25) is 0 Å². The smallest absolute Gasteiger partial charge is 0.292 e. The molecule has 1 amide bonds. The molecule has 1 aromatic rings. The second-order valence-electron chi connectivity index (χ2n) is 6.23. The Labute approximate surface area is 140 Å². The highest BCUT2D eigenvalue weighted by atomic mass is 35.5. The van der Waals surface area contributed by atoms with E-state index in [1.165, 1.54) is 0 Å². The number of hydrogen-bond donors (Lipinski definition) is 1. The first-order valence-electron chi connectivity index (χ1n) is 7.51. The van der Waals surface area contributed by atoms with Crippen LogP contribution in [0.25, 0.3) is 0 Å². The standard InChI is InChI=1S/C15H15ClF4N2O2/c16-8-3-4-9(21-10(8)11(17)18)12(23)22-7-15(19,20)13(24)14(22)5-1-2-6-14/h3-4,11,13,24H,1-2,5-7H2. The van der Waals surface area contributed by atoms with E-state index in [-0.39, 0.29) is 23.6 Å². The van der Waals surface area contributed by atoms with Crippen LogP contribution in [0.2, 0.25) is 5.02 Å². The van der Waals surface area contributed by atoms with Crippen LogP contribution in [0.3, 0.4) is 0 Å². The Morgan fingerprint density at radius 3 is 2.54 bits per heavy atom. The van der Waals surface area contributed by atoms with Crippen molar-refractivity contribution in [3.05, 3.63) is 28.5 Å². The second kappa shape index (κ2) is 5.84. The van der Waals surface area contributed by atoms with Crippen LogP contribution in [0.5, 0.6) is 0 Å². The molecule has 1 atom stereocenters. The Kier molecular flexibility index (Phi) is 4.24. The molecule has 1 saturated heterocycles. The van der Waals surface area contributed by atoms with Gasteiger partial charge in [-0.2, -0.15) is 0 Å². The largest absolute Gasteiger partial charge is 0.384 e. The van der Waals surface area contributed by atoms with Gasteiger partial charge in [0.05, 0.1) is 17.1 Å². The molecule has 9 heteroatoms. The maximum Gasteiger partial charge on any atom is 0.292 e. The highest BCUT2D eigenvalue weighted by Crippen LogP contribution is 2.49. The third kappa shape index (κ3) is 2.56. The summed E-state index contributed by atoms with van der Waals surface area (Å²) in [5.74, 6) is -4.34. The first-order valence-corrected chi connectivity index (χ1v) is 7.89. The zero-order chi connectivity index (χ0) is 17.7. The average molecular weight is 367 g/mol. The zero-order valence-corrected chi connectivity index (χ0v) is 13.2. The number of aliphatic hydroxyl groups excluding tert-OH is 1. The minimum atomic E-state index is -3.45. The Balaban J connectivity index is 1.99. The molecule has 4 nitrogen and oxygen atoms in total. The summed E-state index contributed by atoms with van der Waals surface area (Å²) in [4.78, 5) is 17.1. The molecule has 24 heavy (non-hydrogen) atoms. The molecule has 0 radical (unpaired) electrons. The van der Waals surface area contributed by atoms with Gasteiger partial charge in [-0.3, -0.25) is 4.79 Å². The minimum Gasteiger partial charge on any atom is -0.384 e. The Hall–Kier alpha value is -1.41. The number of likely N-dealkylation sites (tertiary alicyclic amines) is 1. The van der Waals surface area contributed by atoms with Gasteiger partial charge in [0.25, 0.3) is 18.3 Å². The summed E-state index contributed by atoms with van der Waals surface area (Å²) in [6, 6.07) is 2.22. The predicted molar refractivity (Wildman–Crippen MR) is 77.4 cm³/mol. The molecule has 1 unspecified atom stereocenters. The molecule has 1 N–H and O–H groups in total. The molecule has 132 valence electrons. The first kappa shape index (κ1) is 17.4. The van der Waals surface area contributed by atoms with Gasteiger partial charge < -0.3 is 10.0 Å². The SMILES string of the molecule is O=C(c1ccc(Cl)c(C(F)F)n1)N1CC(F)(F)C(O)C12CCCC2. The van der Waals surface area contributed by atoms with Gasteiger partial charge in [-0.05, 0) is 25.0 Å². The van der Waals surface area contributed by atoms with Crippen LogP contribution in [0.4, 0.5) is 17.6 Å². The number of carbonyl (C=O) groups excluding carboxylic acids is 1. The summed E-state index contributed by atoms with van der Waals surface area (Å²) in [5.41, 5.74) is -2.52. The zero-order valence-electron chi connectivity index (χ0n) is 12.5. The normalized spacial score (nSPS) is 25.0. The minimum absolute atomic E-state index is 0.241. The van der Waals surface area contributed by atoms with Crippen molar-refractivity contribution in [2.24, 2.45) is 0 Å². The van der Waals surface area contributed by atoms with Crippen LogP contribution in [0.15, 0.2) is 12.1 Å². The van der Waals surface area contributed by atoms with E-state index in [1.54, 1.807) is 0 Å². The molecule has 1 saturated carbocycles. The molecule has 3 rings (SSSR count). The van der Waals surface area contributed by atoms with Crippen LogP contribution >= 0.6 is 11.6 Å². The quantitative estimate of drug-likeness (QED) is 0.816. The average Bonchev–Trinajstić information content (AvgIpc) is 3.08. The predicted octanol–water partition coefficient (Wildman–Crippen LogP) is 3.44. The highest BCUT2D eigenvalue weighted by molar-refractivity contribution is 6.31. The van der Waals surface area contributed by atoms with E-state index in [1.807, 2.05) is 0 Å². The van der Waals surface area contributed by atoms with E-state index in [2.05, 4.69) is 4.98 Å². The maximum absolute atomic E-state index is 14.0. The van der Waals surface area contributed by atoms with Crippen LogP contribution in [0, 0.1) is 0 Å². The molecule has 1 aromatic heterocycles. The van der Waals surface area contributed by atoms with Crippen molar-refractivity contribution < 1.29 is 27.5 Å². The van der Waals surface area contributed by atoms with E-state index >= 15 is 0 Å². The van der Waals surface area contributed by atoms with E-state index in [0.29, 0.717) is 12.8 Å². The molecule has 2 fully saturated rings. The molecule has 0 aromatic carbocycles. The maximum atomic E-state index is 14.0. The Morgan fingerprint density at radius 2 is 1.96 bits per heavy atom. The molecule has 1 aliphatic heterocycles. The summed E-state index contributed by atoms with van der Waals surface area (Å²) in [7, 11) is 0. The van der Waals surface area contributed by atoms with Gasteiger partial charge in [-0.15, -0.1) is 0 Å². The lowest BCUT2D eigenvalue weighted by molar-refractivity contribution is -0.0959. The summed E-state index contributed by atoms with van der Waals surface area (Å²) in [6.45, 7) is -0.957. The fourth-order valence-corrected chi connectivity index (χ4v) is 3.86. The number of amides is 1. The number of aliphatic hydroxyl groups is 1. The van der Waals surface area contributed by atoms with Crippen molar-refractivity contribution in [3.8, 4) is 0 Å². The lowest BCUT2D eigenvalue weighted by Crippen LogP contribution is -2.52. The van der Waals surface area contributed by atoms with E-state index in [9.17, 15) is 27.5 Å². The van der Waals surface area contributed by atoms with Gasteiger partial charge in [-0.25, -0.2) is 22.5 Å². The summed E-state index contributed by atoms with van der Waals surface area (Å²) >= 11 is 5.62. The Morgan fingerprint density at radius 1 is 1.33 bits per heavy atom. The lowest BCUT2D eigenvalue weighted by Gasteiger charge is -2.36. The number of nitrogens with zero attached hydrogens (tertiary/aromatic N) is 2. The van der Waals surface area contributed by atoms with Gasteiger partial charge >= 0.3 is 0 Å². The monoisotopic (exact) mass is 366 g/mol. The van der Waals surface area contributed by atoms with Crippen molar-refractivity contribution in [3.63, 3.8) is 0 Å². The molecule has 0 bridgehead atoms. The first-order chi connectivity index (χ1) is 11.2. The number of pyridine rings is 1. The summed E-state index contributed by atoms with van der Waals surface area (Å²) < 4.78 is 53.8. The fourth-order valence-electron chi connectivity index (χ4n) is 3.67.